The van der Waals surface area contributed by atoms with E-state index in [4.69, 9.17) is 4.98 Å². The fraction of sp³-hybridized carbons (Fsp3) is 0.594. The van der Waals surface area contributed by atoms with Crippen LogP contribution in [0.2, 0.25) is 0 Å². The summed E-state index contributed by atoms with van der Waals surface area (Å²) >= 11 is 0. The monoisotopic (exact) mass is 563 g/mol. The topological polar surface area (TPSA) is 80.1 Å². The second-order valence-corrected chi connectivity index (χ2v) is 12.1. The molecule has 1 aromatic heterocycles. The number of alkyl halides is 2. The van der Waals surface area contributed by atoms with Crippen molar-refractivity contribution in [3.05, 3.63) is 60.1 Å². The Hall–Kier alpha value is -3.25. The summed E-state index contributed by atoms with van der Waals surface area (Å²) in [6.45, 7) is 9.48. The number of halogens is 2. The Morgan fingerprint density at radius 3 is 2.56 bits per heavy atom. The van der Waals surface area contributed by atoms with Gasteiger partial charge in [0, 0.05) is 44.2 Å². The van der Waals surface area contributed by atoms with Crippen LogP contribution >= 0.6 is 0 Å². The Morgan fingerprint density at radius 1 is 1.12 bits per heavy atom. The summed E-state index contributed by atoms with van der Waals surface area (Å²) in [5.74, 6) is -1.46. The van der Waals surface area contributed by atoms with E-state index < -0.39 is 11.5 Å². The molecule has 9 heteroatoms. The quantitative estimate of drug-likeness (QED) is 0.439. The lowest BCUT2D eigenvalue weighted by atomic mass is 9.89. The van der Waals surface area contributed by atoms with Crippen molar-refractivity contribution in [2.24, 2.45) is 5.92 Å². The molecule has 4 aliphatic rings. The van der Waals surface area contributed by atoms with Crippen molar-refractivity contribution in [2.75, 3.05) is 36.4 Å². The molecule has 3 aliphatic heterocycles. The van der Waals surface area contributed by atoms with Gasteiger partial charge < -0.3 is 20.4 Å². The molecule has 2 aromatic rings. The first-order chi connectivity index (χ1) is 19.8. The summed E-state index contributed by atoms with van der Waals surface area (Å²) in [6.07, 6.45) is 11.4. The highest BCUT2D eigenvalue weighted by Gasteiger charge is 2.50. The van der Waals surface area contributed by atoms with Gasteiger partial charge in [0.25, 0.3) is 5.92 Å². The maximum absolute atomic E-state index is 15.4. The molecule has 2 fully saturated rings. The highest BCUT2D eigenvalue weighted by molar-refractivity contribution is 5.63. The van der Waals surface area contributed by atoms with Gasteiger partial charge in [0.2, 0.25) is 0 Å². The minimum absolute atomic E-state index is 0.0348. The van der Waals surface area contributed by atoms with E-state index in [-0.39, 0.29) is 23.9 Å². The zero-order valence-electron chi connectivity index (χ0n) is 24.2. The molecule has 1 saturated heterocycles. The lowest BCUT2D eigenvalue weighted by Gasteiger charge is -2.41. The second kappa shape index (κ2) is 12.7. The summed E-state index contributed by atoms with van der Waals surface area (Å²) in [7, 11) is 0. The standard InChI is InChI=1S/C32H43F2N7/c1-3-36-19-28-29-37-23-38-30(28)41(31(22-35)13-14-31)16-9-7-5-4-6-8-15-40-20-25(21-40)18-32(33,34)27-12-10-11-26(17-27)24(2)39-29/h3,10-12,17,23-25,36H,1,4-9,13-16,18-21H2,2H3,(H,37,38,39). The van der Waals surface area contributed by atoms with E-state index in [1.54, 1.807) is 24.4 Å². The van der Waals surface area contributed by atoms with Crippen molar-refractivity contribution in [2.45, 2.75) is 88.8 Å². The number of rotatable bonds is 4. The number of nitrogens with zero attached hydrogens (tertiary/aromatic N) is 5. The highest BCUT2D eigenvalue weighted by Crippen LogP contribution is 2.45. The summed E-state index contributed by atoms with van der Waals surface area (Å²) < 4.78 is 30.8. The number of benzene rings is 1. The number of nitrogens with one attached hydrogen (secondary N) is 2. The van der Waals surface area contributed by atoms with Gasteiger partial charge in [-0.15, -0.1) is 0 Å². The molecule has 1 unspecified atom stereocenters. The van der Waals surface area contributed by atoms with Crippen LogP contribution in [0.1, 0.15) is 87.4 Å². The van der Waals surface area contributed by atoms with Crippen LogP contribution < -0.4 is 15.5 Å². The number of fused-ring (bicyclic) bond motifs is 10. The molecule has 1 aromatic carbocycles. The van der Waals surface area contributed by atoms with Crippen molar-refractivity contribution in [1.29, 1.82) is 5.26 Å². The van der Waals surface area contributed by atoms with Gasteiger partial charge in [-0.1, -0.05) is 50.5 Å². The van der Waals surface area contributed by atoms with Gasteiger partial charge in [0.05, 0.1) is 11.6 Å². The van der Waals surface area contributed by atoms with E-state index in [1.807, 2.05) is 13.0 Å². The normalized spacial score (nSPS) is 26.1. The number of aromatic nitrogens is 2. The smallest absolute Gasteiger partial charge is 0.273 e. The molecule has 1 aliphatic carbocycles. The van der Waals surface area contributed by atoms with Gasteiger partial charge >= 0.3 is 0 Å². The van der Waals surface area contributed by atoms with Crippen molar-refractivity contribution in [3.63, 3.8) is 0 Å². The van der Waals surface area contributed by atoms with E-state index in [0.717, 1.165) is 88.1 Å². The summed E-state index contributed by atoms with van der Waals surface area (Å²) in [4.78, 5) is 13.8. The van der Waals surface area contributed by atoms with Gasteiger partial charge in [-0.2, -0.15) is 5.26 Å². The maximum atomic E-state index is 15.4. The van der Waals surface area contributed by atoms with E-state index in [0.29, 0.717) is 12.4 Å². The summed E-state index contributed by atoms with van der Waals surface area (Å²) in [5, 5.41) is 16.8. The van der Waals surface area contributed by atoms with Crippen LogP contribution in [0.25, 0.3) is 0 Å². The largest absolute Gasteiger partial charge is 0.387 e. The predicted molar refractivity (Wildman–Crippen MR) is 159 cm³/mol. The fourth-order valence-electron chi connectivity index (χ4n) is 6.29. The summed E-state index contributed by atoms with van der Waals surface area (Å²) in [5.41, 5.74) is 1.15. The van der Waals surface area contributed by atoms with Crippen LogP contribution in [0.4, 0.5) is 20.4 Å². The van der Waals surface area contributed by atoms with Crippen molar-refractivity contribution in [1.82, 2.24) is 20.2 Å². The van der Waals surface area contributed by atoms with Crippen molar-refractivity contribution in [3.8, 4) is 6.07 Å². The molecule has 6 rings (SSSR count). The predicted octanol–water partition coefficient (Wildman–Crippen LogP) is 6.51. The fourth-order valence-corrected chi connectivity index (χ4v) is 6.29. The van der Waals surface area contributed by atoms with Gasteiger partial charge in [0.15, 0.2) is 0 Å². The third-order valence-corrected chi connectivity index (χ3v) is 8.90. The Morgan fingerprint density at radius 2 is 1.85 bits per heavy atom. The molecule has 41 heavy (non-hydrogen) atoms. The number of hydrogen-bond acceptors (Lipinski definition) is 7. The van der Waals surface area contributed by atoms with E-state index in [9.17, 15) is 5.26 Å². The SMILES string of the molecule is C=CNCc1c2ncnc1N(C1(C#N)CC1)CCCCCCCCN1CC(C1)CC(F)(F)c1cccc(c1)C(C)N2. The summed E-state index contributed by atoms with van der Waals surface area (Å²) in [6, 6.07) is 9.07. The van der Waals surface area contributed by atoms with Gasteiger partial charge in [-0.25, -0.2) is 18.7 Å². The minimum Gasteiger partial charge on any atom is -0.387 e. The number of hydrogen-bond donors (Lipinski definition) is 2. The molecule has 1 saturated carbocycles. The Labute approximate surface area is 243 Å². The lowest BCUT2D eigenvalue weighted by Crippen LogP contribution is -2.48. The zero-order valence-corrected chi connectivity index (χ0v) is 24.2. The van der Waals surface area contributed by atoms with E-state index >= 15 is 8.78 Å². The molecule has 2 N–H and O–H groups in total. The van der Waals surface area contributed by atoms with E-state index in [1.165, 1.54) is 12.7 Å². The van der Waals surface area contributed by atoms with Crippen molar-refractivity contribution >= 4 is 11.6 Å². The van der Waals surface area contributed by atoms with E-state index in [2.05, 4.69) is 38.1 Å². The van der Waals surface area contributed by atoms with Crippen LogP contribution in [0.5, 0.6) is 0 Å². The molecule has 0 radical (unpaired) electrons. The zero-order chi connectivity index (χ0) is 28.9. The third kappa shape index (κ3) is 6.81. The van der Waals surface area contributed by atoms with Crippen LogP contribution in [0.3, 0.4) is 0 Å². The second-order valence-electron chi connectivity index (χ2n) is 12.1. The lowest BCUT2D eigenvalue weighted by molar-refractivity contribution is -0.0568. The highest BCUT2D eigenvalue weighted by atomic mass is 19.3. The molecule has 6 bridgehead atoms. The Bertz CT molecular complexity index is 1230. The molecular weight excluding hydrogens is 520 g/mol. The van der Waals surface area contributed by atoms with Gasteiger partial charge in [-0.3, -0.25) is 0 Å². The number of anilines is 2. The average Bonchev–Trinajstić information content (AvgIpc) is 3.75. The molecule has 1 atom stereocenters. The molecule has 220 valence electrons. The Kier molecular flexibility index (Phi) is 9.08. The van der Waals surface area contributed by atoms with Crippen LogP contribution in [-0.4, -0.2) is 46.6 Å². The van der Waals surface area contributed by atoms with Crippen LogP contribution in [0.15, 0.2) is 43.4 Å². The first-order valence-electron chi connectivity index (χ1n) is 15.2. The molecule has 4 heterocycles. The van der Waals surface area contributed by atoms with Crippen molar-refractivity contribution < 1.29 is 8.78 Å². The first kappa shape index (κ1) is 29.2. The number of nitriles is 1. The van der Waals surface area contributed by atoms with Crippen LogP contribution in [0, 0.1) is 17.2 Å². The average molecular weight is 564 g/mol. The third-order valence-electron chi connectivity index (χ3n) is 8.90. The molecular formula is C32H43F2N7. The van der Waals surface area contributed by atoms with Crippen LogP contribution in [-0.2, 0) is 12.5 Å². The molecule has 0 spiro atoms. The molecule has 0 amide bonds. The maximum Gasteiger partial charge on any atom is 0.273 e. The minimum atomic E-state index is -2.87. The Balaban J connectivity index is 1.46. The molecule has 7 nitrogen and oxygen atoms in total. The van der Waals surface area contributed by atoms with Gasteiger partial charge in [-0.05, 0) is 62.9 Å². The van der Waals surface area contributed by atoms with Gasteiger partial charge in [0.1, 0.15) is 23.5 Å². The first-order valence-corrected chi connectivity index (χ1v) is 15.2.